The number of hydrogen-bond acceptors (Lipinski definition) is 3. The molecule has 6 heteroatoms. The van der Waals surface area contributed by atoms with E-state index in [2.05, 4.69) is 34.0 Å². The summed E-state index contributed by atoms with van der Waals surface area (Å²) in [5.74, 6) is 0.285. The van der Waals surface area contributed by atoms with Gasteiger partial charge in [0.05, 0.1) is 22.4 Å². The average Bonchev–Trinajstić information content (AvgIpc) is 2.78. The van der Waals surface area contributed by atoms with E-state index in [1.54, 1.807) is 0 Å². The summed E-state index contributed by atoms with van der Waals surface area (Å²) in [7, 11) is 0. The number of imidazole rings is 1. The summed E-state index contributed by atoms with van der Waals surface area (Å²) in [6, 6.07) is 3.73. The molecule has 0 unspecified atom stereocenters. The van der Waals surface area contributed by atoms with E-state index in [0.717, 1.165) is 30.0 Å². The molecule has 0 saturated carbocycles. The van der Waals surface area contributed by atoms with E-state index in [1.807, 2.05) is 26.0 Å². The van der Waals surface area contributed by atoms with Crippen LogP contribution in [-0.2, 0) is 4.79 Å². The molecule has 1 amide bonds. The molecule has 0 aliphatic heterocycles. The highest BCUT2D eigenvalue weighted by molar-refractivity contribution is 5.98. The molecule has 0 atom stereocenters. The molecular formula is C16H24N4O2. The Labute approximate surface area is 129 Å². The zero-order valence-electron chi connectivity index (χ0n) is 13.6. The second-order valence-corrected chi connectivity index (χ2v) is 5.81. The van der Waals surface area contributed by atoms with Gasteiger partial charge in [-0.15, -0.1) is 0 Å². The Morgan fingerprint density at radius 3 is 2.32 bits per heavy atom. The molecule has 22 heavy (non-hydrogen) atoms. The molecule has 0 bridgehead atoms. The number of aromatic nitrogens is 2. The summed E-state index contributed by atoms with van der Waals surface area (Å²) >= 11 is 0. The highest BCUT2D eigenvalue weighted by atomic mass is 16.1. The van der Waals surface area contributed by atoms with Gasteiger partial charge in [-0.3, -0.25) is 4.79 Å². The van der Waals surface area contributed by atoms with Crippen molar-refractivity contribution in [3.8, 4) is 0 Å². The smallest absolute Gasteiger partial charge is 0.323 e. The zero-order valence-corrected chi connectivity index (χ0v) is 13.6. The standard InChI is InChI=1S/C16H24N4O2/c1-5-20(6-2)14-9-12-11(18-16(22)19-12)8-13(14)17-15(21)7-10(3)4/h8-10H,5-7H2,1-4H3,(H,17,21)(H2,18,19,22). The molecule has 0 fully saturated rings. The predicted octanol–water partition coefficient (Wildman–Crippen LogP) is 2.69. The normalized spacial score (nSPS) is 11.1. The number of carbonyl (C=O) groups excluding carboxylic acids is 1. The molecule has 0 radical (unpaired) electrons. The van der Waals surface area contributed by atoms with Gasteiger partial charge in [0.1, 0.15) is 0 Å². The van der Waals surface area contributed by atoms with Crippen LogP contribution in [0.3, 0.4) is 0 Å². The molecule has 0 spiro atoms. The van der Waals surface area contributed by atoms with Gasteiger partial charge in [-0.1, -0.05) is 13.8 Å². The van der Waals surface area contributed by atoms with Crippen LogP contribution in [-0.4, -0.2) is 29.0 Å². The summed E-state index contributed by atoms with van der Waals surface area (Å²) < 4.78 is 0. The van der Waals surface area contributed by atoms with E-state index >= 15 is 0 Å². The van der Waals surface area contributed by atoms with E-state index < -0.39 is 0 Å². The first-order valence-electron chi connectivity index (χ1n) is 7.75. The Kier molecular flexibility index (Phi) is 4.90. The average molecular weight is 304 g/mol. The third kappa shape index (κ3) is 3.50. The Balaban J connectivity index is 2.45. The second kappa shape index (κ2) is 6.68. The van der Waals surface area contributed by atoms with Crippen LogP contribution in [0.25, 0.3) is 11.0 Å². The Bertz CT molecular complexity index is 710. The molecule has 1 aromatic carbocycles. The molecular weight excluding hydrogens is 280 g/mol. The van der Waals surface area contributed by atoms with Gasteiger partial charge in [-0.05, 0) is 31.9 Å². The highest BCUT2D eigenvalue weighted by Gasteiger charge is 2.14. The van der Waals surface area contributed by atoms with E-state index in [0.29, 0.717) is 17.9 Å². The topological polar surface area (TPSA) is 81.0 Å². The van der Waals surface area contributed by atoms with Crippen LogP contribution in [0.4, 0.5) is 11.4 Å². The number of hydrogen-bond donors (Lipinski definition) is 3. The number of anilines is 2. The lowest BCUT2D eigenvalue weighted by molar-refractivity contribution is -0.116. The number of H-pyrrole nitrogens is 2. The van der Waals surface area contributed by atoms with Crippen molar-refractivity contribution >= 4 is 28.3 Å². The molecule has 0 aliphatic carbocycles. The first-order chi connectivity index (χ1) is 10.4. The fourth-order valence-electron chi connectivity index (χ4n) is 2.57. The minimum absolute atomic E-state index is 0.0133. The Morgan fingerprint density at radius 2 is 1.77 bits per heavy atom. The molecule has 2 rings (SSSR count). The van der Waals surface area contributed by atoms with Gasteiger partial charge in [-0.25, -0.2) is 4.79 Å². The van der Waals surface area contributed by atoms with Crippen molar-refractivity contribution in [1.29, 1.82) is 0 Å². The number of fused-ring (bicyclic) bond motifs is 1. The van der Waals surface area contributed by atoms with Crippen LogP contribution in [0.5, 0.6) is 0 Å². The maximum absolute atomic E-state index is 12.1. The van der Waals surface area contributed by atoms with Crippen LogP contribution >= 0.6 is 0 Å². The first-order valence-corrected chi connectivity index (χ1v) is 7.75. The zero-order chi connectivity index (χ0) is 16.3. The van der Waals surface area contributed by atoms with Gasteiger partial charge in [0.15, 0.2) is 0 Å². The van der Waals surface area contributed by atoms with Crippen LogP contribution in [0.2, 0.25) is 0 Å². The molecule has 0 aliphatic rings. The number of carbonyl (C=O) groups is 1. The fourth-order valence-corrected chi connectivity index (χ4v) is 2.57. The van der Waals surface area contributed by atoms with Crippen molar-refractivity contribution in [2.75, 3.05) is 23.3 Å². The van der Waals surface area contributed by atoms with Crippen LogP contribution in [0.1, 0.15) is 34.1 Å². The molecule has 1 heterocycles. The Morgan fingerprint density at radius 1 is 1.18 bits per heavy atom. The first kappa shape index (κ1) is 16.1. The second-order valence-electron chi connectivity index (χ2n) is 5.81. The number of nitrogens with one attached hydrogen (secondary N) is 3. The van der Waals surface area contributed by atoms with E-state index in [1.165, 1.54) is 0 Å². The van der Waals surface area contributed by atoms with Gasteiger partial charge < -0.3 is 20.2 Å². The summed E-state index contributed by atoms with van der Waals surface area (Å²) in [6.07, 6.45) is 0.472. The maximum Gasteiger partial charge on any atom is 0.323 e. The van der Waals surface area contributed by atoms with Crippen LogP contribution in [0.15, 0.2) is 16.9 Å². The van der Waals surface area contributed by atoms with E-state index in [9.17, 15) is 9.59 Å². The quantitative estimate of drug-likeness (QED) is 0.767. The molecule has 3 N–H and O–H groups in total. The molecule has 6 nitrogen and oxygen atoms in total. The van der Waals surface area contributed by atoms with Gasteiger partial charge >= 0.3 is 5.69 Å². The van der Waals surface area contributed by atoms with Crippen LogP contribution < -0.4 is 15.9 Å². The number of rotatable bonds is 6. The monoisotopic (exact) mass is 304 g/mol. The summed E-state index contributed by atoms with van der Waals surface area (Å²) in [5.41, 5.74) is 2.85. The highest BCUT2D eigenvalue weighted by Crippen LogP contribution is 2.30. The number of amides is 1. The van der Waals surface area contributed by atoms with Gasteiger partial charge in [0, 0.05) is 19.5 Å². The third-order valence-electron chi connectivity index (χ3n) is 3.60. The largest absolute Gasteiger partial charge is 0.370 e. The summed E-state index contributed by atoms with van der Waals surface area (Å²) in [5, 5.41) is 2.98. The molecule has 0 saturated heterocycles. The summed E-state index contributed by atoms with van der Waals surface area (Å²) in [4.78, 5) is 31.2. The third-order valence-corrected chi connectivity index (χ3v) is 3.60. The van der Waals surface area contributed by atoms with Crippen molar-refractivity contribution in [3.63, 3.8) is 0 Å². The van der Waals surface area contributed by atoms with Crippen molar-refractivity contribution in [1.82, 2.24) is 9.97 Å². The van der Waals surface area contributed by atoms with Crippen molar-refractivity contribution in [2.24, 2.45) is 5.92 Å². The predicted molar refractivity (Wildman–Crippen MR) is 90.6 cm³/mol. The minimum Gasteiger partial charge on any atom is -0.370 e. The lowest BCUT2D eigenvalue weighted by Crippen LogP contribution is -2.24. The van der Waals surface area contributed by atoms with Gasteiger partial charge in [0.2, 0.25) is 5.91 Å². The molecule has 1 aromatic heterocycles. The Hall–Kier alpha value is -2.24. The lowest BCUT2D eigenvalue weighted by atomic mass is 10.1. The van der Waals surface area contributed by atoms with Crippen molar-refractivity contribution in [3.05, 3.63) is 22.6 Å². The van der Waals surface area contributed by atoms with Gasteiger partial charge in [-0.2, -0.15) is 0 Å². The molecule has 2 aromatic rings. The van der Waals surface area contributed by atoms with E-state index in [-0.39, 0.29) is 11.6 Å². The lowest BCUT2D eigenvalue weighted by Gasteiger charge is -2.24. The fraction of sp³-hybridized carbons (Fsp3) is 0.500. The number of benzene rings is 1. The van der Waals surface area contributed by atoms with E-state index in [4.69, 9.17) is 0 Å². The maximum atomic E-state index is 12.1. The number of aromatic amines is 2. The minimum atomic E-state index is -0.244. The molecule has 120 valence electrons. The van der Waals surface area contributed by atoms with Crippen molar-refractivity contribution in [2.45, 2.75) is 34.1 Å². The summed E-state index contributed by atoms with van der Waals surface area (Å²) in [6.45, 7) is 9.80. The SMILES string of the molecule is CCN(CC)c1cc2[nH]c(=O)[nH]c2cc1NC(=O)CC(C)C. The number of nitrogens with zero attached hydrogens (tertiary/aromatic N) is 1. The van der Waals surface area contributed by atoms with Gasteiger partial charge in [0.25, 0.3) is 0 Å². The van der Waals surface area contributed by atoms with Crippen molar-refractivity contribution < 1.29 is 4.79 Å². The van der Waals surface area contributed by atoms with Crippen LogP contribution in [0, 0.1) is 5.92 Å².